The summed E-state index contributed by atoms with van der Waals surface area (Å²) in [4.78, 5) is 10.8. The monoisotopic (exact) mass is 366 g/mol. The first kappa shape index (κ1) is 18.8. The molecule has 1 atom stereocenters. The molecule has 0 bridgehead atoms. The molecule has 0 aliphatic carbocycles. The Bertz CT molecular complexity index is 780. The van der Waals surface area contributed by atoms with Crippen LogP contribution in [0.1, 0.15) is 12.5 Å². The molecule has 2 aromatic rings. The summed E-state index contributed by atoms with van der Waals surface area (Å²) < 4.78 is 10.3. The zero-order chi connectivity index (χ0) is 18.6. The van der Waals surface area contributed by atoms with Crippen molar-refractivity contribution in [3.8, 4) is 11.5 Å². The molecule has 0 aliphatic heterocycles. The lowest BCUT2D eigenvalue weighted by molar-refractivity contribution is -0.384. The minimum absolute atomic E-state index is 0.0314. The van der Waals surface area contributed by atoms with Gasteiger partial charge in [0, 0.05) is 17.6 Å². The Morgan fingerprint density at radius 2 is 1.88 bits per heavy atom. The number of nitrogens with one attached hydrogen (secondary N) is 1. The first-order valence-electron chi connectivity index (χ1n) is 7.41. The third-order valence-corrected chi connectivity index (χ3v) is 4.00. The summed E-state index contributed by atoms with van der Waals surface area (Å²) in [5, 5.41) is 25.4. The molecule has 0 radical (unpaired) electrons. The minimum Gasteiger partial charge on any atom is -0.493 e. The van der Waals surface area contributed by atoms with Crippen LogP contribution in [0.2, 0.25) is 5.02 Å². The van der Waals surface area contributed by atoms with E-state index in [1.54, 1.807) is 31.2 Å². The molecule has 0 amide bonds. The highest BCUT2D eigenvalue weighted by Crippen LogP contribution is 2.38. The van der Waals surface area contributed by atoms with Crippen LogP contribution < -0.4 is 14.8 Å². The van der Waals surface area contributed by atoms with E-state index in [-0.39, 0.29) is 23.7 Å². The lowest BCUT2D eigenvalue weighted by Gasteiger charge is -2.25. The molecule has 0 aliphatic rings. The molecule has 25 heavy (non-hydrogen) atoms. The Labute approximate surface area is 150 Å². The SMILES string of the molecule is COc1cc(NCC(C)(O)c2cccc(Cl)c2)c([N+](=O)[O-])cc1OC. The number of rotatable bonds is 7. The second kappa shape index (κ2) is 7.58. The van der Waals surface area contributed by atoms with E-state index in [2.05, 4.69) is 5.32 Å². The van der Waals surface area contributed by atoms with Gasteiger partial charge in [0.1, 0.15) is 11.3 Å². The Morgan fingerprint density at radius 1 is 1.24 bits per heavy atom. The highest BCUT2D eigenvalue weighted by atomic mass is 35.5. The Hall–Kier alpha value is -2.51. The van der Waals surface area contributed by atoms with Gasteiger partial charge in [-0.1, -0.05) is 23.7 Å². The van der Waals surface area contributed by atoms with Crippen LogP contribution in [0.5, 0.6) is 11.5 Å². The molecular formula is C17H19ClN2O5. The summed E-state index contributed by atoms with van der Waals surface area (Å²) in [6, 6.07) is 9.54. The van der Waals surface area contributed by atoms with Crippen LogP contribution >= 0.6 is 11.6 Å². The average Bonchev–Trinajstić information content (AvgIpc) is 2.59. The van der Waals surface area contributed by atoms with Gasteiger partial charge in [-0.05, 0) is 24.6 Å². The lowest BCUT2D eigenvalue weighted by Crippen LogP contribution is -2.30. The van der Waals surface area contributed by atoms with Gasteiger partial charge in [-0.25, -0.2) is 0 Å². The van der Waals surface area contributed by atoms with Crippen LogP contribution in [0.15, 0.2) is 36.4 Å². The predicted molar refractivity (Wildman–Crippen MR) is 95.7 cm³/mol. The van der Waals surface area contributed by atoms with E-state index in [0.29, 0.717) is 16.3 Å². The van der Waals surface area contributed by atoms with Crippen molar-refractivity contribution in [2.45, 2.75) is 12.5 Å². The minimum atomic E-state index is -1.29. The molecule has 2 N–H and O–H groups in total. The van der Waals surface area contributed by atoms with Gasteiger partial charge in [-0.15, -0.1) is 0 Å². The van der Waals surface area contributed by atoms with Crippen molar-refractivity contribution in [1.82, 2.24) is 0 Å². The van der Waals surface area contributed by atoms with Crippen molar-refractivity contribution in [3.05, 3.63) is 57.1 Å². The number of hydrogen-bond donors (Lipinski definition) is 2. The number of nitro groups is 1. The third-order valence-electron chi connectivity index (χ3n) is 3.77. The molecule has 0 fully saturated rings. The number of aliphatic hydroxyl groups is 1. The number of halogens is 1. The molecular weight excluding hydrogens is 348 g/mol. The highest BCUT2D eigenvalue weighted by molar-refractivity contribution is 6.30. The number of ether oxygens (including phenoxy) is 2. The third kappa shape index (κ3) is 4.32. The smallest absolute Gasteiger partial charge is 0.296 e. The van der Waals surface area contributed by atoms with Crippen molar-refractivity contribution in [2.75, 3.05) is 26.1 Å². The Balaban J connectivity index is 2.31. The maximum absolute atomic E-state index is 11.3. The van der Waals surface area contributed by atoms with Gasteiger partial charge in [0.25, 0.3) is 5.69 Å². The van der Waals surface area contributed by atoms with E-state index in [1.165, 1.54) is 26.4 Å². The summed E-state index contributed by atoms with van der Waals surface area (Å²) in [5.41, 5.74) is -0.661. The Morgan fingerprint density at radius 3 is 2.44 bits per heavy atom. The number of nitro benzene ring substituents is 1. The molecule has 2 aromatic carbocycles. The molecule has 1 unspecified atom stereocenters. The van der Waals surface area contributed by atoms with Gasteiger partial charge in [0.05, 0.1) is 25.2 Å². The first-order chi connectivity index (χ1) is 11.8. The molecule has 0 spiro atoms. The fourth-order valence-corrected chi connectivity index (χ4v) is 2.54. The van der Waals surface area contributed by atoms with Crippen LogP contribution in [-0.4, -0.2) is 30.8 Å². The fourth-order valence-electron chi connectivity index (χ4n) is 2.35. The van der Waals surface area contributed by atoms with Crippen molar-refractivity contribution in [1.29, 1.82) is 0 Å². The average molecular weight is 367 g/mol. The van der Waals surface area contributed by atoms with Gasteiger partial charge >= 0.3 is 0 Å². The van der Waals surface area contributed by atoms with E-state index < -0.39 is 10.5 Å². The number of hydrogen-bond acceptors (Lipinski definition) is 6. The molecule has 0 aromatic heterocycles. The van der Waals surface area contributed by atoms with Gasteiger partial charge in [0.2, 0.25) is 0 Å². The number of benzene rings is 2. The summed E-state index contributed by atoms with van der Waals surface area (Å²) >= 11 is 5.96. The van der Waals surface area contributed by atoms with E-state index in [0.717, 1.165) is 0 Å². The predicted octanol–water partition coefficient (Wildman–Crippen LogP) is 3.59. The molecule has 0 saturated carbocycles. The zero-order valence-electron chi connectivity index (χ0n) is 14.1. The summed E-state index contributed by atoms with van der Waals surface area (Å²) in [7, 11) is 2.84. The molecule has 0 saturated heterocycles. The van der Waals surface area contributed by atoms with Crippen LogP contribution in [0.25, 0.3) is 0 Å². The summed E-state index contributed by atoms with van der Waals surface area (Å²) in [5.74, 6) is 0.597. The maximum atomic E-state index is 11.3. The van der Waals surface area contributed by atoms with E-state index >= 15 is 0 Å². The highest BCUT2D eigenvalue weighted by Gasteiger charge is 2.26. The normalized spacial score (nSPS) is 13.0. The summed E-state index contributed by atoms with van der Waals surface area (Å²) in [6.45, 7) is 1.63. The van der Waals surface area contributed by atoms with Crippen molar-refractivity contribution >= 4 is 23.0 Å². The van der Waals surface area contributed by atoms with E-state index in [4.69, 9.17) is 21.1 Å². The molecule has 0 heterocycles. The second-order valence-corrected chi connectivity index (χ2v) is 6.06. The topological polar surface area (TPSA) is 93.9 Å². The van der Waals surface area contributed by atoms with E-state index in [9.17, 15) is 15.2 Å². The largest absolute Gasteiger partial charge is 0.493 e. The zero-order valence-corrected chi connectivity index (χ0v) is 14.8. The standard InChI is InChI=1S/C17H19ClN2O5/c1-17(21,11-5-4-6-12(18)7-11)10-19-13-8-15(24-2)16(25-3)9-14(13)20(22)23/h4-9,19,21H,10H2,1-3H3. The molecule has 8 heteroatoms. The quantitative estimate of drug-likeness (QED) is 0.574. The van der Waals surface area contributed by atoms with Crippen LogP contribution in [0.4, 0.5) is 11.4 Å². The number of anilines is 1. The van der Waals surface area contributed by atoms with Gasteiger partial charge in [-0.3, -0.25) is 10.1 Å². The van der Waals surface area contributed by atoms with Crippen molar-refractivity contribution < 1.29 is 19.5 Å². The molecule has 2 rings (SSSR count). The summed E-state index contributed by atoms with van der Waals surface area (Å²) in [6.07, 6.45) is 0. The van der Waals surface area contributed by atoms with Gasteiger partial charge < -0.3 is 19.9 Å². The Kier molecular flexibility index (Phi) is 5.71. The van der Waals surface area contributed by atoms with Crippen molar-refractivity contribution in [2.24, 2.45) is 0 Å². The first-order valence-corrected chi connectivity index (χ1v) is 7.79. The van der Waals surface area contributed by atoms with Crippen LogP contribution in [0, 0.1) is 10.1 Å². The maximum Gasteiger partial charge on any atom is 0.296 e. The number of nitrogens with zero attached hydrogens (tertiary/aromatic N) is 1. The van der Waals surface area contributed by atoms with Crippen LogP contribution in [0.3, 0.4) is 0 Å². The van der Waals surface area contributed by atoms with Gasteiger partial charge in [-0.2, -0.15) is 0 Å². The fraction of sp³-hybridized carbons (Fsp3) is 0.294. The van der Waals surface area contributed by atoms with E-state index in [1.807, 2.05) is 0 Å². The lowest BCUT2D eigenvalue weighted by atomic mass is 9.96. The van der Waals surface area contributed by atoms with Crippen molar-refractivity contribution in [3.63, 3.8) is 0 Å². The van der Waals surface area contributed by atoms with Crippen LogP contribution in [-0.2, 0) is 5.60 Å². The van der Waals surface area contributed by atoms with Gasteiger partial charge in [0.15, 0.2) is 11.5 Å². The molecule has 134 valence electrons. The number of methoxy groups -OCH3 is 2. The second-order valence-electron chi connectivity index (χ2n) is 5.62. The molecule has 7 nitrogen and oxygen atoms in total.